The Morgan fingerprint density at radius 1 is 1.38 bits per heavy atom. The molecule has 5 nitrogen and oxygen atoms in total. The third-order valence-electron chi connectivity index (χ3n) is 3.47. The van der Waals surface area contributed by atoms with Crippen LogP contribution in [-0.4, -0.2) is 40.0 Å². The van der Waals surface area contributed by atoms with E-state index >= 15 is 0 Å². The van der Waals surface area contributed by atoms with Gasteiger partial charge in [0.05, 0.1) is 6.42 Å². The van der Waals surface area contributed by atoms with E-state index in [1.165, 1.54) is 17.0 Å². The third-order valence-corrected chi connectivity index (χ3v) is 3.47. The molecular weight excluding hydrogens is 275 g/mol. The molecule has 2 aromatic rings. The molecule has 0 bridgehead atoms. The highest BCUT2D eigenvalue weighted by Crippen LogP contribution is 2.24. The zero-order valence-electron chi connectivity index (χ0n) is 11.9. The van der Waals surface area contributed by atoms with Crippen LogP contribution in [0, 0.1) is 12.7 Å². The van der Waals surface area contributed by atoms with Crippen LogP contribution in [0.1, 0.15) is 18.2 Å². The number of nitrogens with one attached hydrogen (secondary N) is 1. The van der Waals surface area contributed by atoms with E-state index in [-0.39, 0.29) is 24.7 Å². The summed E-state index contributed by atoms with van der Waals surface area (Å²) in [6.45, 7) is 3.53. The molecule has 0 saturated heterocycles. The number of carboxylic acid groups (broad SMARTS) is 1. The van der Waals surface area contributed by atoms with Crippen molar-refractivity contribution in [3.8, 4) is 0 Å². The number of amides is 1. The first-order valence-corrected chi connectivity index (χ1v) is 6.68. The number of carboxylic acids is 1. The largest absolute Gasteiger partial charge is 0.480 e. The molecule has 21 heavy (non-hydrogen) atoms. The van der Waals surface area contributed by atoms with Gasteiger partial charge in [0.1, 0.15) is 12.4 Å². The summed E-state index contributed by atoms with van der Waals surface area (Å²) in [5.74, 6) is -1.70. The summed E-state index contributed by atoms with van der Waals surface area (Å²) >= 11 is 0. The predicted octanol–water partition coefficient (Wildman–Crippen LogP) is 2.09. The number of rotatable bonds is 5. The Balaban J connectivity index is 2.30. The van der Waals surface area contributed by atoms with E-state index < -0.39 is 5.97 Å². The number of likely N-dealkylation sites (N-methyl/N-ethyl adjacent to an activating group) is 1. The molecule has 2 N–H and O–H groups in total. The van der Waals surface area contributed by atoms with Crippen molar-refractivity contribution in [2.45, 2.75) is 20.3 Å². The summed E-state index contributed by atoms with van der Waals surface area (Å²) in [5, 5.41) is 9.46. The van der Waals surface area contributed by atoms with Crippen LogP contribution in [0.15, 0.2) is 18.2 Å². The fourth-order valence-electron chi connectivity index (χ4n) is 2.39. The highest BCUT2D eigenvalue weighted by atomic mass is 19.1. The van der Waals surface area contributed by atoms with Gasteiger partial charge in [-0.2, -0.15) is 0 Å². The number of aliphatic carboxylic acids is 1. The van der Waals surface area contributed by atoms with Crippen LogP contribution < -0.4 is 0 Å². The molecule has 0 aliphatic carbocycles. The number of aromatic nitrogens is 1. The molecule has 0 radical (unpaired) electrons. The van der Waals surface area contributed by atoms with Crippen LogP contribution in [0.5, 0.6) is 0 Å². The van der Waals surface area contributed by atoms with Crippen molar-refractivity contribution in [1.82, 2.24) is 9.88 Å². The summed E-state index contributed by atoms with van der Waals surface area (Å²) < 4.78 is 13.4. The predicted molar refractivity (Wildman–Crippen MR) is 76.6 cm³/mol. The fraction of sp³-hybridized carbons (Fsp3) is 0.333. The lowest BCUT2D eigenvalue weighted by Gasteiger charge is -2.18. The Morgan fingerprint density at radius 3 is 2.71 bits per heavy atom. The second-order valence-electron chi connectivity index (χ2n) is 4.90. The molecule has 0 fully saturated rings. The maximum Gasteiger partial charge on any atom is 0.323 e. The summed E-state index contributed by atoms with van der Waals surface area (Å²) in [6, 6.07) is 4.36. The van der Waals surface area contributed by atoms with Crippen molar-refractivity contribution >= 4 is 22.8 Å². The smallest absolute Gasteiger partial charge is 0.323 e. The molecular formula is C15H17FN2O3. The maximum atomic E-state index is 13.4. The second kappa shape index (κ2) is 5.95. The minimum Gasteiger partial charge on any atom is -0.480 e. The molecule has 6 heteroatoms. The highest BCUT2D eigenvalue weighted by Gasteiger charge is 2.19. The first-order chi connectivity index (χ1) is 9.92. The molecule has 1 aromatic carbocycles. The fourth-order valence-corrected chi connectivity index (χ4v) is 2.39. The van der Waals surface area contributed by atoms with Gasteiger partial charge in [0.2, 0.25) is 5.91 Å². The van der Waals surface area contributed by atoms with Crippen LogP contribution >= 0.6 is 0 Å². The van der Waals surface area contributed by atoms with Crippen molar-refractivity contribution in [1.29, 1.82) is 0 Å². The zero-order valence-corrected chi connectivity index (χ0v) is 11.9. The van der Waals surface area contributed by atoms with E-state index in [9.17, 15) is 14.0 Å². The van der Waals surface area contributed by atoms with E-state index in [0.717, 1.165) is 11.2 Å². The molecule has 0 aliphatic rings. The first-order valence-electron chi connectivity index (χ1n) is 6.68. The Kier molecular flexibility index (Phi) is 4.26. The minimum atomic E-state index is -1.05. The molecule has 1 heterocycles. The number of aryl methyl sites for hydroxylation is 1. The Morgan fingerprint density at radius 2 is 2.10 bits per heavy atom. The van der Waals surface area contributed by atoms with E-state index in [2.05, 4.69) is 4.98 Å². The van der Waals surface area contributed by atoms with Gasteiger partial charge in [0, 0.05) is 23.1 Å². The topological polar surface area (TPSA) is 73.4 Å². The number of carbonyl (C=O) groups is 2. The van der Waals surface area contributed by atoms with Crippen molar-refractivity contribution in [3.63, 3.8) is 0 Å². The zero-order chi connectivity index (χ0) is 15.6. The van der Waals surface area contributed by atoms with E-state index in [1.807, 2.05) is 6.92 Å². The van der Waals surface area contributed by atoms with Gasteiger partial charge in [0.15, 0.2) is 0 Å². The number of H-pyrrole nitrogens is 1. The summed E-state index contributed by atoms with van der Waals surface area (Å²) in [7, 11) is 0. The molecule has 0 unspecified atom stereocenters. The van der Waals surface area contributed by atoms with Crippen molar-refractivity contribution in [3.05, 3.63) is 35.3 Å². The average Bonchev–Trinajstić information content (AvgIpc) is 2.72. The van der Waals surface area contributed by atoms with Crippen LogP contribution in [-0.2, 0) is 16.0 Å². The van der Waals surface area contributed by atoms with Crippen molar-refractivity contribution in [2.75, 3.05) is 13.1 Å². The van der Waals surface area contributed by atoms with Crippen molar-refractivity contribution < 1.29 is 19.1 Å². The Bertz CT molecular complexity index is 694. The van der Waals surface area contributed by atoms with Crippen LogP contribution in [0.3, 0.4) is 0 Å². The van der Waals surface area contributed by atoms with Crippen molar-refractivity contribution in [2.24, 2.45) is 0 Å². The summed E-state index contributed by atoms with van der Waals surface area (Å²) in [4.78, 5) is 27.3. The maximum absolute atomic E-state index is 13.4. The molecule has 1 amide bonds. The standard InChI is InChI=1S/C15H17FN2O3/c1-3-18(8-15(20)21)14(19)7-11-9(2)17-13-5-4-10(16)6-12(11)13/h4-6,17H,3,7-8H2,1-2H3,(H,20,21). The van der Waals surface area contributed by atoms with Crippen LogP contribution in [0.2, 0.25) is 0 Å². The number of carbonyl (C=O) groups excluding carboxylic acids is 1. The quantitative estimate of drug-likeness (QED) is 0.886. The molecule has 0 atom stereocenters. The Labute approximate surface area is 121 Å². The van der Waals surface area contributed by atoms with E-state index in [0.29, 0.717) is 17.5 Å². The van der Waals surface area contributed by atoms with Crippen LogP contribution in [0.4, 0.5) is 4.39 Å². The van der Waals surface area contributed by atoms with Gasteiger partial charge in [-0.05, 0) is 37.6 Å². The molecule has 0 spiro atoms. The van der Waals surface area contributed by atoms with E-state index in [1.54, 1.807) is 13.0 Å². The number of nitrogens with zero attached hydrogens (tertiary/aromatic N) is 1. The highest BCUT2D eigenvalue weighted by molar-refractivity contribution is 5.91. The monoisotopic (exact) mass is 292 g/mol. The summed E-state index contributed by atoms with van der Waals surface area (Å²) in [5.41, 5.74) is 2.26. The molecule has 2 rings (SSSR count). The lowest BCUT2D eigenvalue weighted by Crippen LogP contribution is -2.36. The number of hydrogen-bond acceptors (Lipinski definition) is 2. The number of benzene rings is 1. The second-order valence-corrected chi connectivity index (χ2v) is 4.90. The minimum absolute atomic E-state index is 0.0520. The van der Waals surface area contributed by atoms with Gasteiger partial charge < -0.3 is 15.0 Å². The number of fused-ring (bicyclic) bond motifs is 1. The number of aromatic amines is 1. The van der Waals surface area contributed by atoms with E-state index in [4.69, 9.17) is 5.11 Å². The van der Waals surface area contributed by atoms with Gasteiger partial charge in [-0.25, -0.2) is 4.39 Å². The van der Waals surface area contributed by atoms with Gasteiger partial charge in [-0.3, -0.25) is 9.59 Å². The van der Waals surface area contributed by atoms with Gasteiger partial charge in [0.25, 0.3) is 0 Å². The number of halogens is 1. The van der Waals surface area contributed by atoms with Crippen LogP contribution in [0.25, 0.3) is 10.9 Å². The molecule has 0 saturated carbocycles. The molecule has 112 valence electrons. The normalized spacial score (nSPS) is 10.8. The van der Waals surface area contributed by atoms with Gasteiger partial charge in [-0.15, -0.1) is 0 Å². The van der Waals surface area contributed by atoms with Gasteiger partial charge in [-0.1, -0.05) is 0 Å². The molecule has 0 aliphatic heterocycles. The number of hydrogen-bond donors (Lipinski definition) is 2. The summed E-state index contributed by atoms with van der Waals surface area (Å²) in [6.07, 6.45) is 0.0520. The Hall–Kier alpha value is -2.37. The lowest BCUT2D eigenvalue weighted by molar-refractivity contribution is -0.144. The third kappa shape index (κ3) is 3.21. The first kappa shape index (κ1) is 15.0. The SMILES string of the molecule is CCN(CC(=O)O)C(=O)Cc1c(C)[nH]c2ccc(F)cc12. The van der Waals surface area contributed by atoms with Gasteiger partial charge >= 0.3 is 5.97 Å². The lowest BCUT2D eigenvalue weighted by atomic mass is 10.1. The molecule has 1 aromatic heterocycles. The average molecular weight is 292 g/mol.